The van der Waals surface area contributed by atoms with Crippen LogP contribution >= 0.6 is 54.5 Å². The lowest BCUT2D eigenvalue weighted by Crippen LogP contribution is -2.02. The zero-order valence-electron chi connectivity index (χ0n) is 9.57. The largest absolute Gasteiger partial charge is 0.369 e. The first-order chi connectivity index (χ1) is 9.08. The number of rotatable bonds is 1. The Hall–Kier alpha value is -0.600. The number of halogens is 3. The smallest absolute Gasteiger partial charge is 0.206 e. The van der Waals surface area contributed by atoms with Crippen molar-refractivity contribution in [2.45, 2.75) is 0 Å². The summed E-state index contributed by atoms with van der Waals surface area (Å²) in [4.78, 5) is 4.43. The van der Waals surface area contributed by atoms with E-state index in [1.54, 1.807) is 0 Å². The summed E-state index contributed by atoms with van der Waals surface area (Å²) in [5, 5.41) is 0. The first-order valence-electron chi connectivity index (χ1n) is 5.46. The quantitative estimate of drug-likeness (QED) is 0.499. The molecule has 19 heavy (non-hydrogen) atoms. The van der Waals surface area contributed by atoms with E-state index in [2.05, 4.69) is 59.4 Å². The number of nitrogens with zero attached hydrogens (tertiary/aromatic N) is 2. The molecular formula is C13H8Br2IN3. The van der Waals surface area contributed by atoms with Gasteiger partial charge in [-0.1, -0.05) is 6.07 Å². The maximum absolute atomic E-state index is 6.08. The monoisotopic (exact) mass is 491 g/mol. The second-order valence-electron chi connectivity index (χ2n) is 4.01. The molecule has 0 aliphatic carbocycles. The lowest BCUT2D eigenvalue weighted by atomic mass is 10.3. The molecule has 2 N–H and O–H groups in total. The van der Waals surface area contributed by atoms with Crippen LogP contribution in [0.3, 0.4) is 0 Å². The van der Waals surface area contributed by atoms with Crippen LogP contribution in [0, 0.1) is 3.57 Å². The standard InChI is InChI=1S/C13H8Br2IN3/c14-8-2-1-3-9(15)12(8)19-11-5-4-7(16)6-10(11)18-13(19)17/h1-6H,(H2,17,18). The number of para-hydroxylation sites is 1. The number of anilines is 1. The number of hydrogen-bond acceptors (Lipinski definition) is 2. The molecule has 3 rings (SSSR count). The SMILES string of the molecule is Nc1nc2cc(I)ccc2n1-c1c(Br)cccc1Br. The van der Waals surface area contributed by atoms with Crippen molar-refractivity contribution >= 4 is 71.4 Å². The molecule has 0 spiro atoms. The molecular weight excluding hydrogens is 485 g/mol. The van der Waals surface area contributed by atoms with Crippen LogP contribution in [0.2, 0.25) is 0 Å². The van der Waals surface area contributed by atoms with Crippen LogP contribution in [-0.2, 0) is 0 Å². The van der Waals surface area contributed by atoms with Gasteiger partial charge < -0.3 is 5.73 Å². The summed E-state index contributed by atoms with van der Waals surface area (Å²) in [6, 6.07) is 12.0. The van der Waals surface area contributed by atoms with E-state index in [0.717, 1.165) is 29.2 Å². The molecule has 0 radical (unpaired) electrons. The van der Waals surface area contributed by atoms with Crippen molar-refractivity contribution in [1.29, 1.82) is 0 Å². The lowest BCUT2D eigenvalue weighted by Gasteiger charge is -2.11. The van der Waals surface area contributed by atoms with Gasteiger partial charge in [0.2, 0.25) is 5.95 Å². The number of nitrogens with two attached hydrogens (primary N) is 1. The first kappa shape index (κ1) is 13.4. The van der Waals surface area contributed by atoms with Crippen molar-refractivity contribution in [2.24, 2.45) is 0 Å². The maximum Gasteiger partial charge on any atom is 0.206 e. The fraction of sp³-hybridized carbons (Fsp3) is 0. The average molecular weight is 493 g/mol. The predicted octanol–water partition coefficient (Wildman–Crippen LogP) is 4.74. The van der Waals surface area contributed by atoms with E-state index < -0.39 is 0 Å². The molecule has 1 aromatic heterocycles. The highest BCUT2D eigenvalue weighted by Gasteiger charge is 2.15. The van der Waals surface area contributed by atoms with Gasteiger partial charge in [-0.3, -0.25) is 4.57 Å². The third kappa shape index (κ3) is 2.30. The van der Waals surface area contributed by atoms with E-state index in [1.165, 1.54) is 0 Å². The third-order valence-corrected chi connectivity index (χ3v) is 4.75. The minimum atomic E-state index is 0.476. The van der Waals surface area contributed by atoms with Gasteiger partial charge in [0.25, 0.3) is 0 Å². The highest BCUT2D eigenvalue weighted by molar-refractivity contribution is 14.1. The van der Waals surface area contributed by atoms with Gasteiger partial charge in [0.05, 0.1) is 16.7 Å². The molecule has 0 saturated heterocycles. The summed E-state index contributed by atoms with van der Waals surface area (Å²) >= 11 is 9.40. The van der Waals surface area contributed by atoms with Gasteiger partial charge in [0.15, 0.2) is 0 Å². The highest BCUT2D eigenvalue weighted by atomic mass is 127. The Bertz CT molecular complexity index is 763. The second-order valence-corrected chi connectivity index (χ2v) is 6.96. The summed E-state index contributed by atoms with van der Waals surface area (Å²) in [6.07, 6.45) is 0. The highest BCUT2D eigenvalue weighted by Crippen LogP contribution is 2.34. The van der Waals surface area contributed by atoms with E-state index in [9.17, 15) is 0 Å². The average Bonchev–Trinajstić information content (AvgIpc) is 2.65. The second kappa shape index (κ2) is 5.06. The van der Waals surface area contributed by atoms with Crippen LogP contribution in [0.15, 0.2) is 45.3 Å². The number of nitrogen functional groups attached to an aromatic ring is 1. The van der Waals surface area contributed by atoms with Crippen molar-refractivity contribution < 1.29 is 0 Å². The number of aromatic nitrogens is 2. The minimum absolute atomic E-state index is 0.476. The van der Waals surface area contributed by atoms with Crippen molar-refractivity contribution in [1.82, 2.24) is 9.55 Å². The van der Waals surface area contributed by atoms with Crippen LogP contribution in [0.5, 0.6) is 0 Å². The van der Waals surface area contributed by atoms with Crippen LogP contribution in [0.25, 0.3) is 16.7 Å². The summed E-state index contributed by atoms with van der Waals surface area (Å²) in [6.45, 7) is 0. The van der Waals surface area contributed by atoms with Gasteiger partial charge in [-0.2, -0.15) is 0 Å². The zero-order chi connectivity index (χ0) is 13.6. The topological polar surface area (TPSA) is 43.8 Å². The number of imidazole rings is 1. The molecule has 0 aliphatic rings. The number of benzene rings is 2. The molecule has 0 amide bonds. The molecule has 3 aromatic rings. The Morgan fingerprint density at radius 3 is 2.47 bits per heavy atom. The van der Waals surface area contributed by atoms with Crippen molar-refractivity contribution in [2.75, 3.05) is 5.73 Å². The van der Waals surface area contributed by atoms with Crippen LogP contribution in [0.1, 0.15) is 0 Å². The van der Waals surface area contributed by atoms with Crippen LogP contribution < -0.4 is 5.73 Å². The Balaban J connectivity index is 2.40. The van der Waals surface area contributed by atoms with Crippen molar-refractivity contribution in [3.63, 3.8) is 0 Å². The Kier molecular flexibility index (Phi) is 3.57. The molecule has 3 nitrogen and oxygen atoms in total. The van der Waals surface area contributed by atoms with Crippen LogP contribution in [0.4, 0.5) is 5.95 Å². The Morgan fingerprint density at radius 2 is 1.79 bits per heavy atom. The van der Waals surface area contributed by atoms with Crippen molar-refractivity contribution in [3.8, 4) is 5.69 Å². The molecule has 0 atom stereocenters. The molecule has 0 fully saturated rings. The van der Waals surface area contributed by atoms with Crippen molar-refractivity contribution in [3.05, 3.63) is 48.9 Å². The van der Waals surface area contributed by atoms with Gasteiger partial charge in [0.1, 0.15) is 0 Å². The van der Waals surface area contributed by atoms with E-state index in [4.69, 9.17) is 5.73 Å². The van der Waals surface area contributed by atoms with E-state index in [0.29, 0.717) is 5.95 Å². The van der Waals surface area contributed by atoms with Gasteiger partial charge in [-0.05, 0) is 84.8 Å². The maximum atomic E-state index is 6.08. The minimum Gasteiger partial charge on any atom is -0.369 e. The Labute approximate surface area is 140 Å². The summed E-state index contributed by atoms with van der Waals surface area (Å²) in [5.41, 5.74) is 8.93. The summed E-state index contributed by atoms with van der Waals surface area (Å²) in [7, 11) is 0. The normalized spacial score (nSPS) is 11.1. The molecule has 0 unspecified atom stereocenters. The third-order valence-electron chi connectivity index (χ3n) is 2.80. The summed E-state index contributed by atoms with van der Waals surface area (Å²) < 4.78 is 5.01. The first-order valence-corrected chi connectivity index (χ1v) is 8.12. The van der Waals surface area contributed by atoms with E-state index >= 15 is 0 Å². The predicted molar refractivity (Wildman–Crippen MR) is 93.6 cm³/mol. The lowest BCUT2D eigenvalue weighted by molar-refractivity contribution is 1.09. The zero-order valence-corrected chi connectivity index (χ0v) is 14.9. The fourth-order valence-electron chi connectivity index (χ4n) is 2.01. The molecule has 1 heterocycles. The molecule has 96 valence electrons. The summed E-state index contributed by atoms with van der Waals surface area (Å²) in [5.74, 6) is 0.476. The molecule has 6 heteroatoms. The van der Waals surface area contributed by atoms with Gasteiger partial charge in [-0.15, -0.1) is 0 Å². The molecule has 0 bridgehead atoms. The van der Waals surface area contributed by atoms with Gasteiger partial charge in [-0.25, -0.2) is 4.98 Å². The molecule has 2 aromatic carbocycles. The number of fused-ring (bicyclic) bond motifs is 1. The Morgan fingerprint density at radius 1 is 1.11 bits per heavy atom. The molecule has 0 aliphatic heterocycles. The van der Waals surface area contributed by atoms with Gasteiger partial charge >= 0.3 is 0 Å². The van der Waals surface area contributed by atoms with Gasteiger partial charge in [0, 0.05) is 12.5 Å². The van der Waals surface area contributed by atoms with Crippen LogP contribution in [-0.4, -0.2) is 9.55 Å². The van der Waals surface area contributed by atoms with E-state index in [-0.39, 0.29) is 0 Å². The fourth-order valence-corrected chi connectivity index (χ4v) is 3.84. The number of hydrogen-bond donors (Lipinski definition) is 1. The van der Waals surface area contributed by atoms with E-state index in [1.807, 2.05) is 41.0 Å². The molecule has 0 saturated carbocycles.